The number of ether oxygens (including phenoxy) is 1. The molecule has 2 N–H and O–H groups in total. The van der Waals surface area contributed by atoms with Crippen LogP contribution >= 0.6 is 10.8 Å². The van der Waals surface area contributed by atoms with E-state index in [1.807, 2.05) is 46.0 Å². The third kappa shape index (κ3) is 4.58. The lowest BCUT2D eigenvalue weighted by Gasteiger charge is -2.42. The largest absolute Gasteiger partial charge is 0.487 e. The van der Waals surface area contributed by atoms with Crippen LogP contribution in [0.4, 0.5) is 0 Å². The first-order chi connectivity index (χ1) is 17.7. The Labute approximate surface area is 218 Å². The second-order valence-electron chi connectivity index (χ2n) is 9.68. The van der Waals surface area contributed by atoms with Gasteiger partial charge in [-0.05, 0) is 66.8 Å². The van der Waals surface area contributed by atoms with Crippen molar-refractivity contribution in [1.82, 2.24) is 19.3 Å². The molecule has 0 saturated heterocycles. The zero-order valence-corrected chi connectivity index (χ0v) is 22.2. The minimum absolute atomic E-state index is 0.150. The lowest BCUT2D eigenvalue weighted by Crippen LogP contribution is -2.33. The molecule has 0 aliphatic carbocycles. The van der Waals surface area contributed by atoms with Crippen LogP contribution in [0.3, 0.4) is 0 Å². The maximum absolute atomic E-state index is 11.3. The van der Waals surface area contributed by atoms with Crippen LogP contribution in [-0.2, 0) is 13.6 Å². The van der Waals surface area contributed by atoms with Gasteiger partial charge in [0, 0.05) is 25.9 Å². The van der Waals surface area contributed by atoms with E-state index in [1.165, 1.54) is 0 Å². The Kier molecular flexibility index (Phi) is 6.68. The normalized spacial score (nSPS) is 18.9. The molecular weight excluding hydrogens is 486 g/mol. The van der Waals surface area contributed by atoms with Crippen molar-refractivity contribution in [2.75, 3.05) is 6.54 Å². The molecule has 192 valence electrons. The van der Waals surface area contributed by atoms with Crippen LogP contribution in [0.5, 0.6) is 5.75 Å². The third-order valence-electron chi connectivity index (χ3n) is 7.17. The molecule has 9 heteroatoms. The van der Waals surface area contributed by atoms with Crippen molar-refractivity contribution in [2.45, 2.75) is 50.7 Å². The molecule has 0 bridgehead atoms. The monoisotopic (exact) mass is 517 g/mol. The summed E-state index contributed by atoms with van der Waals surface area (Å²) in [6, 6.07) is 19.7. The Morgan fingerprint density at radius 1 is 1.16 bits per heavy atom. The van der Waals surface area contributed by atoms with E-state index in [9.17, 15) is 14.4 Å². The molecule has 0 saturated carbocycles. The summed E-state index contributed by atoms with van der Waals surface area (Å²) >= 11 is 0. The van der Waals surface area contributed by atoms with Crippen molar-refractivity contribution < 1.29 is 13.8 Å². The van der Waals surface area contributed by atoms with Crippen molar-refractivity contribution in [3.8, 4) is 11.8 Å². The summed E-state index contributed by atoms with van der Waals surface area (Å²) in [6.07, 6.45) is 0.0951. The van der Waals surface area contributed by atoms with Crippen LogP contribution < -0.4 is 4.74 Å². The summed E-state index contributed by atoms with van der Waals surface area (Å²) in [5, 5.41) is 18.2. The minimum atomic E-state index is -3.25. The molecule has 5 rings (SSSR count). The molecule has 1 aromatic heterocycles. The Hall–Kier alpha value is -3.42. The van der Waals surface area contributed by atoms with Gasteiger partial charge in [0.25, 0.3) is 0 Å². The van der Waals surface area contributed by atoms with E-state index < -0.39 is 10.8 Å². The Bertz CT molecular complexity index is 1510. The maximum Gasteiger partial charge on any atom is 0.144 e. The fourth-order valence-electron chi connectivity index (χ4n) is 5.11. The number of nitrogens with zero attached hydrogens (tertiary/aromatic N) is 5. The van der Waals surface area contributed by atoms with E-state index in [4.69, 9.17) is 4.74 Å². The number of rotatable bonds is 5. The molecule has 0 fully saturated rings. The summed E-state index contributed by atoms with van der Waals surface area (Å²) < 4.78 is 32.2. The second kappa shape index (κ2) is 9.80. The molecule has 2 atom stereocenters. The summed E-state index contributed by atoms with van der Waals surface area (Å²) in [5.74, 6) is 0.357. The van der Waals surface area contributed by atoms with Crippen molar-refractivity contribution in [1.29, 1.82) is 5.26 Å². The SMILES string of the molecule is Cc1ccc(C(CC#N)c2ccc3c(nnn3C)c2C)cc1CN1CC(C)Oc2ccccc2S1(O)O. The zero-order chi connectivity index (χ0) is 26.3. The smallest absolute Gasteiger partial charge is 0.144 e. The molecule has 3 aromatic carbocycles. The molecule has 0 spiro atoms. The van der Waals surface area contributed by atoms with Crippen LogP contribution in [0.15, 0.2) is 59.5 Å². The maximum atomic E-state index is 11.3. The van der Waals surface area contributed by atoms with Gasteiger partial charge in [0.05, 0.1) is 18.1 Å². The van der Waals surface area contributed by atoms with Crippen LogP contribution in [0, 0.1) is 25.2 Å². The Morgan fingerprint density at radius 2 is 1.95 bits per heavy atom. The summed E-state index contributed by atoms with van der Waals surface area (Å²) in [5.41, 5.74) is 6.86. The number of benzene rings is 3. The zero-order valence-electron chi connectivity index (χ0n) is 21.4. The van der Waals surface area contributed by atoms with Crippen LogP contribution in [0.2, 0.25) is 0 Å². The summed E-state index contributed by atoms with van der Waals surface area (Å²) in [4.78, 5) is 0.406. The van der Waals surface area contributed by atoms with Gasteiger partial charge in [-0.1, -0.05) is 41.6 Å². The van der Waals surface area contributed by atoms with Crippen molar-refractivity contribution >= 4 is 21.8 Å². The van der Waals surface area contributed by atoms with Gasteiger partial charge < -0.3 is 4.74 Å². The Morgan fingerprint density at radius 3 is 2.73 bits per heavy atom. The highest BCUT2D eigenvalue weighted by molar-refractivity contribution is 8.22. The molecule has 0 amide bonds. The van der Waals surface area contributed by atoms with E-state index in [-0.39, 0.29) is 12.0 Å². The van der Waals surface area contributed by atoms with Gasteiger partial charge in [-0.3, -0.25) is 9.11 Å². The van der Waals surface area contributed by atoms with E-state index in [0.717, 1.165) is 38.9 Å². The highest BCUT2D eigenvalue weighted by atomic mass is 32.3. The van der Waals surface area contributed by atoms with Crippen LogP contribution in [0.25, 0.3) is 11.0 Å². The highest BCUT2D eigenvalue weighted by Crippen LogP contribution is 2.57. The number of hydrogen-bond donors (Lipinski definition) is 2. The minimum Gasteiger partial charge on any atom is -0.487 e. The number of aryl methyl sites for hydroxylation is 3. The highest BCUT2D eigenvalue weighted by Gasteiger charge is 2.34. The topological polar surface area (TPSA) is 107 Å². The number of nitriles is 1. The third-order valence-corrected chi connectivity index (χ3v) is 9.09. The van der Waals surface area contributed by atoms with Crippen molar-refractivity contribution in [2.24, 2.45) is 7.05 Å². The van der Waals surface area contributed by atoms with E-state index in [2.05, 4.69) is 34.6 Å². The molecule has 1 aliphatic rings. The molecule has 4 aromatic rings. The fourth-order valence-corrected chi connectivity index (χ4v) is 6.77. The number of fused-ring (bicyclic) bond motifs is 2. The van der Waals surface area contributed by atoms with Crippen LogP contribution in [-0.4, -0.2) is 41.1 Å². The van der Waals surface area contributed by atoms with Gasteiger partial charge >= 0.3 is 0 Å². The van der Waals surface area contributed by atoms with Gasteiger partial charge in [0.2, 0.25) is 0 Å². The molecule has 1 aliphatic heterocycles. The first-order valence-corrected chi connectivity index (χ1v) is 13.8. The molecule has 2 unspecified atom stereocenters. The second-order valence-corrected chi connectivity index (χ2v) is 11.7. The van der Waals surface area contributed by atoms with E-state index in [1.54, 1.807) is 27.2 Å². The fraction of sp³-hybridized carbons (Fsp3) is 0.321. The number of para-hydroxylation sites is 1. The van der Waals surface area contributed by atoms with Gasteiger partial charge in [-0.15, -0.1) is 15.9 Å². The van der Waals surface area contributed by atoms with Gasteiger partial charge in [-0.2, -0.15) is 9.57 Å². The van der Waals surface area contributed by atoms with Gasteiger partial charge in [0.15, 0.2) is 0 Å². The van der Waals surface area contributed by atoms with Crippen molar-refractivity contribution in [3.63, 3.8) is 0 Å². The first-order valence-electron chi connectivity index (χ1n) is 12.2. The number of hydrogen-bond acceptors (Lipinski definition) is 7. The average molecular weight is 518 g/mol. The molecule has 37 heavy (non-hydrogen) atoms. The van der Waals surface area contributed by atoms with Crippen LogP contribution in [0.1, 0.15) is 47.1 Å². The Balaban J connectivity index is 1.53. The average Bonchev–Trinajstić information content (AvgIpc) is 3.21. The standard InChI is InChI=1S/C28H31N5O3S/c1-18-9-10-21(24(13-14-29)23-11-12-25-28(20(23)3)30-31-32(25)4)15-22(18)17-33-16-19(2)36-26-7-5-6-8-27(26)37(33,34)35/h5-12,15,19,24,34-35H,13,16-17H2,1-4H3. The number of aromatic nitrogens is 3. The van der Waals surface area contributed by atoms with Crippen molar-refractivity contribution in [3.05, 3.63) is 82.4 Å². The summed E-state index contributed by atoms with van der Waals surface area (Å²) in [7, 11) is -1.39. The lowest BCUT2D eigenvalue weighted by atomic mass is 9.84. The predicted octanol–water partition coefficient (Wildman–Crippen LogP) is 5.94. The molecule has 0 radical (unpaired) electrons. The molecule has 8 nitrogen and oxygen atoms in total. The molecular formula is C28H31N5O3S. The van der Waals surface area contributed by atoms with E-state index >= 15 is 0 Å². The van der Waals surface area contributed by atoms with Gasteiger partial charge in [-0.25, -0.2) is 4.68 Å². The predicted molar refractivity (Wildman–Crippen MR) is 145 cm³/mol. The molecule has 2 heterocycles. The lowest BCUT2D eigenvalue weighted by molar-refractivity contribution is 0.186. The quantitative estimate of drug-likeness (QED) is 0.337. The van der Waals surface area contributed by atoms with E-state index in [0.29, 0.717) is 30.2 Å². The summed E-state index contributed by atoms with van der Waals surface area (Å²) in [6.45, 7) is 6.68. The first kappa shape index (κ1) is 25.2. The van der Waals surface area contributed by atoms with Gasteiger partial charge in [0.1, 0.15) is 22.3 Å².